The van der Waals surface area contributed by atoms with E-state index in [-0.39, 0.29) is 5.91 Å². The Morgan fingerprint density at radius 2 is 2.04 bits per heavy atom. The Bertz CT molecular complexity index is 973. The van der Waals surface area contributed by atoms with Crippen LogP contribution in [0, 0.1) is 0 Å². The van der Waals surface area contributed by atoms with E-state index < -0.39 is 0 Å². The summed E-state index contributed by atoms with van der Waals surface area (Å²) in [4.78, 5) is 15.6. The highest BCUT2D eigenvalue weighted by Crippen LogP contribution is 2.20. The van der Waals surface area contributed by atoms with Gasteiger partial charge in [0.15, 0.2) is 0 Å². The molecule has 0 bridgehead atoms. The first kappa shape index (κ1) is 13.2. The number of tetrazole rings is 1. The van der Waals surface area contributed by atoms with E-state index in [4.69, 9.17) is 0 Å². The van der Waals surface area contributed by atoms with Crippen molar-refractivity contribution in [3.63, 3.8) is 0 Å². The van der Waals surface area contributed by atoms with E-state index in [0.29, 0.717) is 11.3 Å². The van der Waals surface area contributed by atoms with Crippen LogP contribution in [0.1, 0.15) is 10.4 Å². The number of benzene rings is 2. The van der Waals surface area contributed by atoms with Gasteiger partial charge in [-0.05, 0) is 34.7 Å². The molecule has 0 saturated heterocycles. The first-order valence-electron chi connectivity index (χ1n) is 7.02. The van der Waals surface area contributed by atoms with Crippen LogP contribution in [0.5, 0.6) is 0 Å². The molecule has 23 heavy (non-hydrogen) atoms. The summed E-state index contributed by atoms with van der Waals surface area (Å²) in [5, 5.41) is 14.8. The van der Waals surface area contributed by atoms with Crippen molar-refractivity contribution < 1.29 is 4.79 Å². The molecule has 0 aliphatic heterocycles. The second-order valence-electron chi connectivity index (χ2n) is 5.01. The van der Waals surface area contributed by atoms with Crippen LogP contribution in [0.2, 0.25) is 0 Å². The fourth-order valence-corrected chi connectivity index (χ4v) is 2.46. The van der Waals surface area contributed by atoms with Gasteiger partial charge in [0.1, 0.15) is 6.33 Å². The topological polar surface area (TPSA) is 88.5 Å². The third kappa shape index (κ3) is 2.44. The number of aromatic amines is 1. The molecule has 0 radical (unpaired) electrons. The summed E-state index contributed by atoms with van der Waals surface area (Å²) in [5.74, 6) is -0.170. The van der Waals surface area contributed by atoms with Crippen molar-refractivity contribution in [2.45, 2.75) is 0 Å². The Morgan fingerprint density at radius 1 is 1.13 bits per heavy atom. The van der Waals surface area contributed by atoms with Gasteiger partial charge in [-0.25, -0.2) is 4.68 Å². The molecule has 7 heteroatoms. The summed E-state index contributed by atoms with van der Waals surface area (Å²) in [6.07, 6.45) is 3.21. The first-order chi connectivity index (χ1) is 11.3. The number of carbonyl (C=O) groups is 1. The van der Waals surface area contributed by atoms with E-state index in [2.05, 4.69) is 25.8 Å². The molecule has 0 fully saturated rings. The number of rotatable bonds is 3. The fourth-order valence-electron chi connectivity index (χ4n) is 2.46. The van der Waals surface area contributed by atoms with Crippen molar-refractivity contribution in [3.8, 4) is 5.69 Å². The number of anilines is 1. The zero-order chi connectivity index (χ0) is 15.6. The summed E-state index contributed by atoms with van der Waals surface area (Å²) in [6.45, 7) is 0. The Kier molecular flexibility index (Phi) is 3.09. The molecule has 1 amide bonds. The van der Waals surface area contributed by atoms with Gasteiger partial charge in [-0.15, -0.1) is 5.10 Å². The molecule has 2 heterocycles. The van der Waals surface area contributed by atoms with Gasteiger partial charge in [-0.3, -0.25) is 4.79 Å². The maximum absolute atomic E-state index is 12.5. The van der Waals surface area contributed by atoms with E-state index in [1.807, 2.05) is 48.5 Å². The van der Waals surface area contributed by atoms with Crippen molar-refractivity contribution in [3.05, 3.63) is 66.6 Å². The molecule has 4 aromatic rings. The van der Waals surface area contributed by atoms with Gasteiger partial charge in [-0.1, -0.05) is 24.3 Å². The number of carbonyl (C=O) groups excluding carboxylic acids is 1. The largest absolute Gasteiger partial charge is 0.360 e. The molecule has 0 atom stereocenters. The highest BCUT2D eigenvalue weighted by atomic mass is 16.1. The van der Waals surface area contributed by atoms with Gasteiger partial charge in [-0.2, -0.15) is 0 Å². The SMILES string of the molecule is O=C(Nc1cccc(-n2cnnn2)c1)c1c[nH]c2ccccc12. The minimum Gasteiger partial charge on any atom is -0.360 e. The molecule has 0 unspecified atom stereocenters. The summed E-state index contributed by atoms with van der Waals surface area (Å²) in [5.41, 5.74) is 2.98. The van der Waals surface area contributed by atoms with Crippen LogP contribution in [-0.2, 0) is 0 Å². The van der Waals surface area contributed by atoms with Crippen molar-refractivity contribution in [1.29, 1.82) is 0 Å². The molecule has 0 saturated carbocycles. The number of nitrogens with zero attached hydrogens (tertiary/aromatic N) is 4. The predicted molar refractivity (Wildman–Crippen MR) is 85.4 cm³/mol. The number of nitrogens with one attached hydrogen (secondary N) is 2. The first-order valence-corrected chi connectivity index (χ1v) is 7.02. The quantitative estimate of drug-likeness (QED) is 0.608. The maximum atomic E-state index is 12.5. The van der Waals surface area contributed by atoms with Crippen molar-refractivity contribution in [1.82, 2.24) is 25.2 Å². The standard InChI is InChI=1S/C16H12N6O/c23-16(14-9-17-15-7-2-1-6-13(14)15)19-11-4-3-5-12(8-11)22-10-18-20-21-22/h1-10,17H,(H,19,23). The monoisotopic (exact) mass is 304 g/mol. The Hall–Kier alpha value is -3.48. The average Bonchev–Trinajstić information content (AvgIpc) is 3.25. The minimum atomic E-state index is -0.170. The number of amides is 1. The Labute approximate surface area is 130 Å². The third-order valence-corrected chi connectivity index (χ3v) is 3.55. The van der Waals surface area contributed by atoms with Crippen LogP contribution in [-0.4, -0.2) is 31.1 Å². The van der Waals surface area contributed by atoms with E-state index in [1.54, 1.807) is 6.20 Å². The van der Waals surface area contributed by atoms with Gasteiger partial charge >= 0.3 is 0 Å². The Balaban J connectivity index is 1.63. The van der Waals surface area contributed by atoms with Crippen LogP contribution >= 0.6 is 0 Å². The van der Waals surface area contributed by atoms with Gasteiger partial charge < -0.3 is 10.3 Å². The van der Waals surface area contributed by atoms with Crippen LogP contribution in [0.3, 0.4) is 0 Å². The normalized spacial score (nSPS) is 10.8. The zero-order valence-electron chi connectivity index (χ0n) is 12.0. The molecular weight excluding hydrogens is 292 g/mol. The highest BCUT2D eigenvalue weighted by Gasteiger charge is 2.12. The second kappa shape index (κ2) is 5.38. The van der Waals surface area contributed by atoms with Gasteiger partial charge in [0, 0.05) is 22.8 Å². The molecule has 2 N–H and O–H groups in total. The smallest absolute Gasteiger partial charge is 0.257 e. The summed E-state index contributed by atoms with van der Waals surface area (Å²) < 4.78 is 1.53. The predicted octanol–water partition coefficient (Wildman–Crippen LogP) is 2.40. The zero-order valence-corrected chi connectivity index (χ0v) is 12.0. The molecular formula is C16H12N6O. The lowest BCUT2D eigenvalue weighted by Gasteiger charge is -2.06. The van der Waals surface area contributed by atoms with Crippen LogP contribution < -0.4 is 5.32 Å². The third-order valence-electron chi connectivity index (χ3n) is 3.55. The summed E-state index contributed by atoms with van der Waals surface area (Å²) in [6, 6.07) is 15.0. The second-order valence-corrected chi connectivity index (χ2v) is 5.01. The molecule has 0 aliphatic carbocycles. The lowest BCUT2D eigenvalue weighted by Crippen LogP contribution is -2.11. The molecule has 4 rings (SSSR count). The molecule has 0 spiro atoms. The fraction of sp³-hybridized carbons (Fsp3) is 0. The molecule has 2 aromatic carbocycles. The Morgan fingerprint density at radius 3 is 2.91 bits per heavy atom. The van der Waals surface area contributed by atoms with Crippen molar-refractivity contribution in [2.75, 3.05) is 5.32 Å². The molecule has 0 aliphatic rings. The molecule has 112 valence electrons. The summed E-state index contributed by atoms with van der Waals surface area (Å²) >= 11 is 0. The molecule has 2 aromatic heterocycles. The van der Waals surface area contributed by atoms with E-state index in [1.165, 1.54) is 11.0 Å². The number of aromatic nitrogens is 5. The van der Waals surface area contributed by atoms with Crippen LogP contribution in [0.15, 0.2) is 61.1 Å². The number of para-hydroxylation sites is 1. The van der Waals surface area contributed by atoms with Crippen LogP contribution in [0.4, 0.5) is 5.69 Å². The minimum absolute atomic E-state index is 0.170. The van der Waals surface area contributed by atoms with Crippen molar-refractivity contribution >= 4 is 22.5 Å². The lowest BCUT2D eigenvalue weighted by atomic mass is 10.1. The molecule has 7 nitrogen and oxygen atoms in total. The average molecular weight is 304 g/mol. The van der Waals surface area contributed by atoms with Gasteiger partial charge in [0.05, 0.1) is 11.3 Å². The lowest BCUT2D eigenvalue weighted by molar-refractivity contribution is 0.102. The van der Waals surface area contributed by atoms with Gasteiger partial charge in [0.2, 0.25) is 0 Å². The maximum Gasteiger partial charge on any atom is 0.257 e. The van der Waals surface area contributed by atoms with E-state index >= 15 is 0 Å². The number of hydrogen-bond acceptors (Lipinski definition) is 4. The number of H-pyrrole nitrogens is 1. The van der Waals surface area contributed by atoms with Crippen LogP contribution in [0.25, 0.3) is 16.6 Å². The summed E-state index contributed by atoms with van der Waals surface area (Å²) in [7, 11) is 0. The van der Waals surface area contributed by atoms with E-state index in [0.717, 1.165) is 16.6 Å². The van der Waals surface area contributed by atoms with E-state index in [9.17, 15) is 4.79 Å². The van der Waals surface area contributed by atoms with Crippen molar-refractivity contribution in [2.24, 2.45) is 0 Å². The number of fused-ring (bicyclic) bond motifs is 1. The number of hydrogen-bond donors (Lipinski definition) is 2. The highest BCUT2D eigenvalue weighted by molar-refractivity contribution is 6.12. The van der Waals surface area contributed by atoms with Gasteiger partial charge in [0.25, 0.3) is 5.91 Å².